The van der Waals surface area contributed by atoms with Gasteiger partial charge in [-0.05, 0) is 31.0 Å². The minimum atomic E-state index is -0.954. The van der Waals surface area contributed by atoms with E-state index in [1.807, 2.05) is 0 Å². The topological polar surface area (TPSA) is 83.3 Å². The Morgan fingerprint density at radius 1 is 1.35 bits per heavy atom. The maximum absolute atomic E-state index is 11.2. The molecule has 0 saturated heterocycles. The van der Waals surface area contributed by atoms with Gasteiger partial charge in [0.05, 0.1) is 24.1 Å². The van der Waals surface area contributed by atoms with Crippen LogP contribution in [-0.4, -0.2) is 26.4 Å². The molecule has 0 atom stereocenters. The van der Waals surface area contributed by atoms with Crippen molar-refractivity contribution in [3.8, 4) is 0 Å². The summed E-state index contributed by atoms with van der Waals surface area (Å²) in [4.78, 5) is 11.2. The first-order chi connectivity index (χ1) is 8.06. The number of carbonyl (C=O) groups is 1. The monoisotopic (exact) mass is 232 g/mol. The SMILES string of the molecule is Cc1cc2c(CO)nncc2c(C)c1C(=O)O. The highest BCUT2D eigenvalue weighted by atomic mass is 16.4. The van der Waals surface area contributed by atoms with Crippen molar-refractivity contribution in [2.75, 3.05) is 0 Å². The summed E-state index contributed by atoms with van der Waals surface area (Å²) in [6, 6.07) is 1.73. The van der Waals surface area contributed by atoms with Crippen molar-refractivity contribution in [2.45, 2.75) is 20.5 Å². The van der Waals surface area contributed by atoms with Crippen LogP contribution in [0, 0.1) is 13.8 Å². The van der Waals surface area contributed by atoms with Crippen LogP contribution < -0.4 is 0 Å². The molecule has 0 unspecified atom stereocenters. The number of aromatic nitrogens is 2. The summed E-state index contributed by atoms with van der Waals surface area (Å²) in [7, 11) is 0. The Labute approximate surface area is 97.7 Å². The van der Waals surface area contributed by atoms with E-state index in [9.17, 15) is 9.90 Å². The molecule has 0 spiro atoms. The van der Waals surface area contributed by atoms with E-state index in [0.717, 1.165) is 5.39 Å². The normalized spacial score (nSPS) is 10.8. The van der Waals surface area contributed by atoms with Gasteiger partial charge in [-0.2, -0.15) is 10.2 Å². The maximum Gasteiger partial charge on any atom is 0.336 e. The molecule has 1 aromatic carbocycles. The molecule has 5 heteroatoms. The smallest absolute Gasteiger partial charge is 0.336 e. The number of hydrogen-bond acceptors (Lipinski definition) is 4. The summed E-state index contributed by atoms with van der Waals surface area (Å²) in [5.74, 6) is -0.954. The predicted octanol–water partition coefficient (Wildman–Crippen LogP) is 1.44. The summed E-state index contributed by atoms with van der Waals surface area (Å²) < 4.78 is 0. The predicted molar refractivity (Wildman–Crippen MR) is 61.9 cm³/mol. The van der Waals surface area contributed by atoms with Gasteiger partial charge in [-0.25, -0.2) is 4.79 Å². The van der Waals surface area contributed by atoms with E-state index in [2.05, 4.69) is 10.2 Å². The quantitative estimate of drug-likeness (QED) is 0.818. The Kier molecular flexibility index (Phi) is 2.77. The van der Waals surface area contributed by atoms with Crippen LogP contribution in [0.25, 0.3) is 10.8 Å². The van der Waals surface area contributed by atoms with Crippen LogP contribution in [0.1, 0.15) is 27.2 Å². The van der Waals surface area contributed by atoms with Crippen molar-refractivity contribution < 1.29 is 15.0 Å². The van der Waals surface area contributed by atoms with E-state index in [1.54, 1.807) is 19.9 Å². The van der Waals surface area contributed by atoms with E-state index < -0.39 is 5.97 Å². The lowest BCUT2D eigenvalue weighted by Gasteiger charge is -2.10. The first-order valence-corrected chi connectivity index (χ1v) is 5.15. The third kappa shape index (κ3) is 1.74. The molecule has 0 bridgehead atoms. The van der Waals surface area contributed by atoms with Gasteiger partial charge in [-0.1, -0.05) is 0 Å². The van der Waals surface area contributed by atoms with Crippen LogP contribution in [0.2, 0.25) is 0 Å². The molecule has 0 amide bonds. The molecule has 2 N–H and O–H groups in total. The standard InChI is InChI=1S/C12H12N2O3/c1-6-3-8-9(4-13-14-10(8)5-15)7(2)11(6)12(16)17/h3-4,15H,5H2,1-2H3,(H,16,17). The summed E-state index contributed by atoms with van der Waals surface area (Å²) in [5, 5.41) is 27.4. The zero-order chi connectivity index (χ0) is 12.6. The molecule has 0 aliphatic rings. The van der Waals surface area contributed by atoms with Crippen molar-refractivity contribution in [1.82, 2.24) is 10.2 Å². The van der Waals surface area contributed by atoms with Crippen molar-refractivity contribution >= 4 is 16.7 Å². The maximum atomic E-state index is 11.2. The summed E-state index contributed by atoms with van der Waals surface area (Å²) in [6.45, 7) is 3.26. The highest BCUT2D eigenvalue weighted by Crippen LogP contribution is 2.26. The fourth-order valence-corrected chi connectivity index (χ4v) is 2.06. The first-order valence-electron chi connectivity index (χ1n) is 5.15. The highest BCUT2D eigenvalue weighted by Gasteiger charge is 2.15. The molecule has 0 radical (unpaired) electrons. The van der Waals surface area contributed by atoms with Crippen LogP contribution in [0.15, 0.2) is 12.3 Å². The lowest BCUT2D eigenvalue weighted by Crippen LogP contribution is -2.05. The number of benzene rings is 1. The fourth-order valence-electron chi connectivity index (χ4n) is 2.06. The van der Waals surface area contributed by atoms with Crippen molar-refractivity contribution in [3.05, 3.63) is 34.6 Å². The second-order valence-electron chi connectivity index (χ2n) is 3.91. The van der Waals surface area contributed by atoms with Crippen LogP contribution in [-0.2, 0) is 6.61 Å². The molecule has 17 heavy (non-hydrogen) atoms. The van der Waals surface area contributed by atoms with E-state index in [0.29, 0.717) is 22.2 Å². The Morgan fingerprint density at radius 3 is 2.65 bits per heavy atom. The highest BCUT2D eigenvalue weighted by molar-refractivity contribution is 5.99. The number of carboxylic acid groups (broad SMARTS) is 1. The molecule has 0 aliphatic carbocycles. The second-order valence-corrected chi connectivity index (χ2v) is 3.91. The molecular weight excluding hydrogens is 220 g/mol. The Balaban J connectivity index is 2.90. The number of aromatic carboxylic acids is 1. The molecule has 2 rings (SSSR count). The third-order valence-corrected chi connectivity index (χ3v) is 2.86. The average molecular weight is 232 g/mol. The van der Waals surface area contributed by atoms with Crippen LogP contribution in [0.3, 0.4) is 0 Å². The van der Waals surface area contributed by atoms with Crippen molar-refractivity contribution in [2.24, 2.45) is 0 Å². The molecular formula is C12H12N2O3. The number of aliphatic hydroxyl groups is 1. The molecule has 0 saturated carbocycles. The van der Waals surface area contributed by atoms with E-state index in [4.69, 9.17) is 5.11 Å². The summed E-state index contributed by atoms with van der Waals surface area (Å²) in [6.07, 6.45) is 1.52. The number of hydrogen-bond donors (Lipinski definition) is 2. The molecule has 5 nitrogen and oxygen atoms in total. The molecule has 88 valence electrons. The molecule has 2 aromatic rings. The zero-order valence-electron chi connectivity index (χ0n) is 9.56. The van der Waals surface area contributed by atoms with Crippen molar-refractivity contribution in [3.63, 3.8) is 0 Å². The lowest BCUT2D eigenvalue weighted by atomic mass is 9.96. The van der Waals surface area contributed by atoms with Gasteiger partial charge >= 0.3 is 5.97 Å². The molecule has 0 aliphatic heterocycles. The van der Waals surface area contributed by atoms with Gasteiger partial charge in [0.25, 0.3) is 0 Å². The van der Waals surface area contributed by atoms with Crippen LogP contribution in [0.5, 0.6) is 0 Å². The van der Waals surface area contributed by atoms with Crippen LogP contribution in [0.4, 0.5) is 0 Å². The number of rotatable bonds is 2. The third-order valence-electron chi connectivity index (χ3n) is 2.86. The van der Waals surface area contributed by atoms with Gasteiger partial charge in [0, 0.05) is 10.8 Å². The van der Waals surface area contributed by atoms with Gasteiger partial charge in [0.15, 0.2) is 0 Å². The van der Waals surface area contributed by atoms with Gasteiger partial charge in [0.2, 0.25) is 0 Å². The average Bonchev–Trinajstić information content (AvgIpc) is 2.28. The number of aliphatic hydroxyl groups excluding tert-OH is 1. The Morgan fingerprint density at radius 2 is 2.06 bits per heavy atom. The summed E-state index contributed by atoms with van der Waals surface area (Å²) in [5.41, 5.74) is 2.06. The largest absolute Gasteiger partial charge is 0.478 e. The lowest BCUT2D eigenvalue weighted by molar-refractivity contribution is 0.0695. The van der Waals surface area contributed by atoms with Crippen molar-refractivity contribution in [1.29, 1.82) is 0 Å². The zero-order valence-corrected chi connectivity index (χ0v) is 9.56. The van der Waals surface area contributed by atoms with Gasteiger partial charge < -0.3 is 10.2 Å². The Hall–Kier alpha value is -2.01. The number of carboxylic acids is 1. The van der Waals surface area contributed by atoms with E-state index in [-0.39, 0.29) is 12.2 Å². The van der Waals surface area contributed by atoms with E-state index in [1.165, 1.54) is 6.20 Å². The number of nitrogens with zero attached hydrogens (tertiary/aromatic N) is 2. The molecule has 1 heterocycles. The first kappa shape index (κ1) is 11.5. The summed E-state index contributed by atoms with van der Waals surface area (Å²) >= 11 is 0. The minimum Gasteiger partial charge on any atom is -0.478 e. The fraction of sp³-hybridized carbons (Fsp3) is 0.250. The Bertz CT molecular complexity index is 608. The molecule has 0 fully saturated rings. The number of fused-ring (bicyclic) bond motifs is 1. The van der Waals surface area contributed by atoms with E-state index >= 15 is 0 Å². The second kappa shape index (κ2) is 4.10. The minimum absolute atomic E-state index is 0.213. The molecule has 1 aromatic heterocycles. The van der Waals surface area contributed by atoms with Crippen LogP contribution >= 0.6 is 0 Å². The number of aryl methyl sites for hydroxylation is 2. The van der Waals surface area contributed by atoms with Gasteiger partial charge in [-0.15, -0.1) is 0 Å². The van der Waals surface area contributed by atoms with Gasteiger partial charge in [-0.3, -0.25) is 0 Å². The van der Waals surface area contributed by atoms with Gasteiger partial charge in [0.1, 0.15) is 0 Å².